The molecule has 15 heavy (non-hydrogen) atoms. The summed E-state index contributed by atoms with van der Waals surface area (Å²) in [6.45, 7) is 0. The summed E-state index contributed by atoms with van der Waals surface area (Å²) in [5, 5.41) is 2.41. The van der Waals surface area contributed by atoms with E-state index in [-0.39, 0.29) is 6.04 Å². The molecule has 0 saturated heterocycles. The molecule has 0 aromatic heterocycles. The van der Waals surface area contributed by atoms with Crippen LogP contribution in [0.4, 0.5) is 5.69 Å². The smallest absolute Gasteiger partial charge is 0.0490 e. The van der Waals surface area contributed by atoms with Crippen molar-refractivity contribution in [3.8, 4) is 0 Å². The highest BCUT2D eigenvalue weighted by Crippen LogP contribution is 2.35. The third-order valence-electron chi connectivity index (χ3n) is 2.98. The highest BCUT2D eigenvalue weighted by atomic mass is 14.6. The lowest BCUT2D eigenvalue weighted by molar-refractivity contribution is 0.922. The third-order valence-corrected chi connectivity index (χ3v) is 2.98. The molecule has 2 aromatic rings. The van der Waals surface area contributed by atoms with Gasteiger partial charge in [-0.15, -0.1) is 0 Å². The van der Waals surface area contributed by atoms with Crippen molar-refractivity contribution < 1.29 is 0 Å². The Kier molecular flexibility index (Phi) is 1.61. The fraction of sp³-hybridized carbons (Fsp3) is 0.0769. The Morgan fingerprint density at radius 3 is 2.80 bits per heavy atom. The zero-order valence-corrected chi connectivity index (χ0v) is 8.27. The Morgan fingerprint density at radius 2 is 1.93 bits per heavy atom. The molecule has 2 heteroatoms. The number of anilines is 1. The van der Waals surface area contributed by atoms with Crippen LogP contribution in [0.3, 0.4) is 0 Å². The second-order valence-corrected chi connectivity index (χ2v) is 3.90. The Balaban J connectivity index is 2.53. The monoisotopic (exact) mass is 196 g/mol. The van der Waals surface area contributed by atoms with Crippen molar-refractivity contribution in [2.75, 3.05) is 5.73 Å². The molecule has 0 aliphatic heterocycles. The Labute approximate surface area is 88.2 Å². The van der Waals surface area contributed by atoms with Crippen molar-refractivity contribution in [3.63, 3.8) is 0 Å². The van der Waals surface area contributed by atoms with Crippen LogP contribution in [0, 0.1) is 0 Å². The zero-order valence-electron chi connectivity index (χ0n) is 8.27. The maximum atomic E-state index is 6.03. The minimum absolute atomic E-state index is 0.0111. The van der Waals surface area contributed by atoms with Crippen LogP contribution in [-0.4, -0.2) is 0 Å². The number of benzene rings is 2. The largest absolute Gasteiger partial charge is 0.398 e. The standard InChI is InChI=1S/C13H12N2/c14-11-6-4-8-2-1-3-9-12(15)7-5-10(11)13(8)9/h1-7,12H,14-15H2. The molecule has 0 amide bonds. The summed E-state index contributed by atoms with van der Waals surface area (Å²) >= 11 is 0. The predicted molar refractivity (Wildman–Crippen MR) is 64.3 cm³/mol. The van der Waals surface area contributed by atoms with Crippen molar-refractivity contribution in [1.82, 2.24) is 0 Å². The van der Waals surface area contributed by atoms with Gasteiger partial charge in [-0.1, -0.05) is 36.4 Å². The molecule has 3 rings (SSSR count). The summed E-state index contributed by atoms with van der Waals surface area (Å²) < 4.78 is 0. The lowest BCUT2D eigenvalue weighted by atomic mass is 9.90. The fourth-order valence-corrected chi connectivity index (χ4v) is 2.21. The average molecular weight is 196 g/mol. The van der Waals surface area contributed by atoms with Crippen molar-refractivity contribution in [2.45, 2.75) is 6.04 Å². The topological polar surface area (TPSA) is 52.0 Å². The van der Waals surface area contributed by atoms with Gasteiger partial charge in [0.15, 0.2) is 0 Å². The van der Waals surface area contributed by atoms with E-state index in [9.17, 15) is 0 Å². The maximum absolute atomic E-state index is 6.03. The molecule has 1 unspecified atom stereocenters. The number of rotatable bonds is 0. The highest BCUT2D eigenvalue weighted by molar-refractivity contribution is 5.99. The SMILES string of the molecule is Nc1ccc2cccc3c2c1C=CC3N. The first kappa shape index (κ1) is 8.50. The van der Waals surface area contributed by atoms with E-state index in [1.807, 2.05) is 30.4 Å². The van der Waals surface area contributed by atoms with Gasteiger partial charge in [0.2, 0.25) is 0 Å². The molecular formula is C13H12N2. The highest BCUT2D eigenvalue weighted by Gasteiger charge is 2.15. The number of hydrogen-bond donors (Lipinski definition) is 2. The molecule has 1 aliphatic carbocycles. The van der Waals surface area contributed by atoms with E-state index in [1.54, 1.807) is 0 Å². The minimum atomic E-state index is -0.0111. The first-order chi connectivity index (χ1) is 7.27. The first-order valence-electron chi connectivity index (χ1n) is 5.02. The fourth-order valence-electron chi connectivity index (χ4n) is 2.21. The van der Waals surface area contributed by atoms with Crippen LogP contribution < -0.4 is 11.5 Å². The molecule has 0 spiro atoms. The van der Waals surface area contributed by atoms with Gasteiger partial charge >= 0.3 is 0 Å². The molecular weight excluding hydrogens is 184 g/mol. The Hall–Kier alpha value is -1.80. The summed E-state index contributed by atoms with van der Waals surface area (Å²) in [6.07, 6.45) is 4.02. The van der Waals surface area contributed by atoms with Crippen molar-refractivity contribution in [2.24, 2.45) is 5.73 Å². The number of nitrogens with two attached hydrogens (primary N) is 2. The summed E-state index contributed by atoms with van der Waals surface area (Å²) in [4.78, 5) is 0. The molecule has 1 atom stereocenters. The Bertz CT molecular complexity index is 570. The van der Waals surface area contributed by atoms with Gasteiger partial charge in [0, 0.05) is 17.3 Å². The second kappa shape index (κ2) is 2.84. The van der Waals surface area contributed by atoms with Crippen molar-refractivity contribution in [1.29, 1.82) is 0 Å². The van der Waals surface area contributed by atoms with Crippen LogP contribution >= 0.6 is 0 Å². The van der Waals surface area contributed by atoms with Crippen LogP contribution in [0.5, 0.6) is 0 Å². The molecule has 0 bridgehead atoms. The predicted octanol–water partition coefficient (Wildman–Crippen LogP) is 2.45. The van der Waals surface area contributed by atoms with Crippen LogP contribution in [0.25, 0.3) is 16.8 Å². The van der Waals surface area contributed by atoms with E-state index >= 15 is 0 Å². The zero-order chi connectivity index (χ0) is 10.4. The van der Waals surface area contributed by atoms with E-state index in [1.165, 1.54) is 10.8 Å². The summed E-state index contributed by atoms with van der Waals surface area (Å²) in [5.74, 6) is 0. The molecule has 4 N–H and O–H groups in total. The molecule has 1 aliphatic rings. The van der Waals surface area contributed by atoms with Gasteiger partial charge in [0.05, 0.1) is 0 Å². The maximum Gasteiger partial charge on any atom is 0.0490 e. The van der Waals surface area contributed by atoms with Crippen LogP contribution in [-0.2, 0) is 0 Å². The van der Waals surface area contributed by atoms with Gasteiger partial charge in [-0.25, -0.2) is 0 Å². The van der Waals surface area contributed by atoms with Gasteiger partial charge < -0.3 is 11.5 Å². The van der Waals surface area contributed by atoms with E-state index in [2.05, 4.69) is 12.1 Å². The lowest BCUT2D eigenvalue weighted by Crippen LogP contribution is -2.11. The van der Waals surface area contributed by atoms with Crippen LogP contribution in [0.15, 0.2) is 36.4 Å². The van der Waals surface area contributed by atoms with Crippen molar-refractivity contribution in [3.05, 3.63) is 47.5 Å². The molecule has 0 heterocycles. The molecule has 2 nitrogen and oxygen atoms in total. The quantitative estimate of drug-likeness (QED) is 0.636. The minimum Gasteiger partial charge on any atom is -0.398 e. The van der Waals surface area contributed by atoms with Gasteiger partial charge in [0.1, 0.15) is 0 Å². The van der Waals surface area contributed by atoms with Crippen LogP contribution in [0.2, 0.25) is 0 Å². The normalized spacial score (nSPS) is 18.3. The average Bonchev–Trinajstić information content (AvgIpc) is 2.26. The molecule has 74 valence electrons. The van der Waals surface area contributed by atoms with Gasteiger partial charge in [-0.3, -0.25) is 0 Å². The van der Waals surface area contributed by atoms with E-state index < -0.39 is 0 Å². The first-order valence-corrected chi connectivity index (χ1v) is 5.02. The van der Waals surface area contributed by atoms with Crippen molar-refractivity contribution >= 4 is 22.5 Å². The number of nitrogen functional groups attached to an aromatic ring is 1. The Morgan fingerprint density at radius 1 is 1.07 bits per heavy atom. The van der Waals surface area contributed by atoms with E-state index in [4.69, 9.17) is 11.5 Å². The lowest BCUT2D eigenvalue weighted by Gasteiger charge is -2.19. The summed E-state index contributed by atoms with van der Waals surface area (Å²) in [6, 6.07) is 10.2. The summed E-state index contributed by atoms with van der Waals surface area (Å²) in [7, 11) is 0. The molecule has 0 fully saturated rings. The van der Waals surface area contributed by atoms with Gasteiger partial charge in [0.25, 0.3) is 0 Å². The van der Waals surface area contributed by atoms with E-state index in [0.717, 1.165) is 16.8 Å². The second-order valence-electron chi connectivity index (χ2n) is 3.90. The molecule has 2 aromatic carbocycles. The number of hydrogen-bond acceptors (Lipinski definition) is 2. The molecule has 0 radical (unpaired) electrons. The summed E-state index contributed by atoms with van der Waals surface area (Å²) in [5.41, 5.74) is 15.1. The third kappa shape index (κ3) is 1.09. The van der Waals surface area contributed by atoms with Gasteiger partial charge in [-0.05, 0) is 22.4 Å². The molecule has 0 saturated carbocycles. The van der Waals surface area contributed by atoms with Gasteiger partial charge in [-0.2, -0.15) is 0 Å². The van der Waals surface area contributed by atoms with Crippen LogP contribution in [0.1, 0.15) is 17.2 Å². The van der Waals surface area contributed by atoms with E-state index in [0.29, 0.717) is 0 Å².